The van der Waals surface area contributed by atoms with Gasteiger partial charge in [0.25, 0.3) is 0 Å². The molecule has 0 atom stereocenters. The molecular weight excluding hydrogens is 118 g/mol. The Hall–Kier alpha value is -0.990. The summed E-state index contributed by atoms with van der Waals surface area (Å²) in [7, 11) is 0. The van der Waals surface area contributed by atoms with Crippen molar-refractivity contribution in [1.82, 2.24) is 0 Å². The van der Waals surface area contributed by atoms with E-state index in [-0.39, 0.29) is 0 Å². The predicted octanol–water partition coefficient (Wildman–Crippen LogP) is 0.412. The Morgan fingerprint density at radius 3 is 2.89 bits per heavy atom. The van der Waals surface area contributed by atoms with E-state index in [4.69, 9.17) is 10.5 Å². The summed E-state index contributed by atoms with van der Waals surface area (Å²) in [5.74, 6) is -0.480. The van der Waals surface area contributed by atoms with Gasteiger partial charge >= 0.3 is 0 Å². The Kier molecular flexibility index (Phi) is 4.59. The second kappa shape index (κ2) is 5.15. The number of ether oxygens (including phenoxy) is 1. The first-order chi connectivity index (χ1) is 4.27. The minimum Gasteiger partial charge on any atom is -0.501 e. The normalized spacial score (nSPS) is 9.89. The van der Waals surface area contributed by atoms with Crippen molar-refractivity contribution in [1.29, 1.82) is 0 Å². The molecule has 0 fully saturated rings. The lowest BCUT2D eigenvalue weighted by atomic mass is 10.5. The number of amides is 1. The SMILES string of the molecule is CCCO/C=C/C(N)=O. The fraction of sp³-hybridized carbons (Fsp3) is 0.500. The van der Waals surface area contributed by atoms with Crippen molar-refractivity contribution in [3.05, 3.63) is 12.3 Å². The number of rotatable bonds is 4. The minimum atomic E-state index is -0.480. The lowest BCUT2D eigenvalue weighted by Gasteiger charge is -1.92. The number of nitrogens with two attached hydrogens (primary N) is 1. The van der Waals surface area contributed by atoms with Crippen LogP contribution in [0.3, 0.4) is 0 Å². The van der Waals surface area contributed by atoms with Gasteiger partial charge in [-0.2, -0.15) is 0 Å². The van der Waals surface area contributed by atoms with Crippen LogP contribution in [0.25, 0.3) is 0 Å². The van der Waals surface area contributed by atoms with Crippen molar-refractivity contribution in [3.63, 3.8) is 0 Å². The molecular formula is C6H11NO2. The van der Waals surface area contributed by atoms with Gasteiger partial charge in [-0.1, -0.05) is 6.92 Å². The van der Waals surface area contributed by atoms with Gasteiger partial charge in [-0.05, 0) is 6.42 Å². The third-order valence-electron chi connectivity index (χ3n) is 0.651. The molecule has 52 valence electrons. The highest BCUT2D eigenvalue weighted by atomic mass is 16.5. The highest BCUT2D eigenvalue weighted by Gasteiger charge is 1.80. The maximum Gasteiger partial charge on any atom is 0.244 e. The second-order valence-electron chi connectivity index (χ2n) is 1.58. The van der Waals surface area contributed by atoms with Gasteiger partial charge in [-0.25, -0.2) is 0 Å². The zero-order chi connectivity index (χ0) is 7.11. The first-order valence-electron chi connectivity index (χ1n) is 2.85. The summed E-state index contributed by atoms with van der Waals surface area (Å²) in [6.07, 6.45) is 3.44. The number of carbonyl (C=O) groups excluding carboxylic acids is 1. The highest BCUT2D eigenvalue weighted by Crippen LogP contribution is 1.80. The Morgan fingerprint density at radius 2 is 2.44 bits per heavy atom. The second-order valence-corrected chi connectivity index (χ2v) is 1.58. The van der Waals surface area contributed by atoms with Crippen LogP contribution >= 0.6 is 0 Å². The molecule has 0 aromatic carbocycles. The summed E-state index contributed by atoms with van der Waals surface area (Å²) in [5.41, 5.74) is 4.77. The van der Waals surface area contributed by atoms with Crippen LogP contribution in [0.4, 0.5) is 0 Å². The molecule has 0 saturated carbocycles. The van der Waals surface area contributed by atoms with Gasteiger partial charge in [0.2, 0.25) is 5.91 Å². The smallest absolute Gasteiger partial charge is 0.244 e. The highest BCUT2D eigenvalue weighted by molar-refractivity contribution is 5.85. The lowest BCUT2D eigenvalue weighted by molar-refractivity contribution is -0.113. The van der Waals surface area contributed by atoms with Crippen molar-refractivity contribution in [2.45, 2.75) is 13.3 Å². The maximum atomic E-state index is 10.0. The summed E-state index contributed by atoms with van der Waals surface area (Å²) in [6, 6.07) is 0. The van der Waals surface area contributed by atoms with E-state index >= 15 is 0 Å². The van der Waals surface area contributed by atoms with Crippen LogP contribution in [0.1, 0.15) is 13.3 Å². The van der Waals surface area contributed by atoms with E-state index in [1.54, 1.807) is 0 Å². The van der Waals surface area contributed by atoms with Crippen LogP contribution in [-0.2, 0) is 9.53 Å². The molecule has 0 aliphatic heterocycles. The van der Waals surface area contributed by atoms with Crippen molar-refractivity contribution in [2.75, 3.05) is 6.61 Å². The summed E-state index contributed by atoms with van der Waals surface area (Å²) >= 11 is 0. The van der Waals surface area contributed by atoms with Gasteiger partial charge < -0.3 is 10.5 Å². The third-order valence-corrected chi connectivity index (χ3v) is 0.651. The molecule has 0 aliphatic carbocycles. The molecule has 0 aromatic heterocycles. The number of hydrogen-bond acceptors (Lipinski definition) is 2. The average molecular weight is 129 g/mol. The summed E-state index contributed by atoms with van der Waals surface area (Å²) in [5, 5.41) is 0. The minimum absolute atomic E-state index is 0.480. The molecule has 1 amide bonds. The molecule has 0 heterocycles. The standard InChI is InChI=1S/C6H11NO2/c1-2-4-9-5-3-6(7)8/h3,5H,2,4H2,1H3,(H2,7,8)/b5-3+. The molecule has 0 spiro atoms. The van der Waals surface area contributed by atoms with Gasteiger partial charge in [0.15, 0.2) is 0 Å². The fourth-order valence-corrected chi connectivity index (χ4v) is 0.301. The predicted molar refractivity (Wildman–Crippen MR) is 34.6 cm³/mol. The van der Waals surface area contributed by atoms with Crippen LogP contribution < -0.4 is 5.73 Å². The van der Waals surface area contributed by atoms with E-state index in [1.807, 2.05) is 6.92 Å². The molecule has 0 radical (unpaired) electrons. The number of carbonyl (C=O) groups is 1. The van der Waals surface area contributed by atoms with Crippen molar-refractivity contribution in [2.24, 2.45) is 5.73 Å². The summed E-state index contributed by atoms with van der Waals surface area (Å²) in [4.78, 5) is 10.0. The van der Waals surface area contributed by atoms with E-state index < -0.39 is 5.91 Å². The van der Waals surface area contributed by atoms with Crippen LogP contribution in [0, 0.1) is 0 Å². The van der Waals surface area contributed by atoms with Crippen LogP contribution in [0.5, 0.6) is 0 Å². The van der Waals surface area contributed by atoms with Crippen molar-refractivity contribution >= 4 is 5.91 Å². The fourth-order valence-electron chi connectivity index (χ4n) is 0.301. The number of primary amides is 1. The molecule has 0 saturated heterocycles. The Bertz CT molecular complexity index is 110. The zero-order valence-corrected chi connectivity index (χ0v) is 5.46. The topological polar surface area (TPSA) is 52.3 Å². The largest absolute Gasteiger partial charge is 0.501 e. The van der Waals surface area contributed by atoms with Crippen LogP contribution in [-0.4, -0.2) is 12.5 Å². The average Bonchev–Trinajstić information content (AvgIpc) is 1.80. The molecule has 2 N–H and O–H groups in total. The molecule has 0 aromatic rings. The quantitative estimate of drug-likeness (QED) is 0.339. The molecule has 0 aliphatic rings. The Morgan fingerprint density at radius 1 is 1.78 bits per heavy atom. The van der Waals surface area contributed by atoms with Crippen LogP contribution in [0.2, 0.25) is 0 Å². The molecule has 9 heavy (non-hydrogen) atoms. The van der Waals surface area contributed by atoms with Gasteiger partial charge in [0.1, 0.15) is 0 Å². The van der Waals surface area contributed by atoms with Gasteiger partial charge in [0.05, 0.1) is 12.9 Å². The monoisotopic (exact) mass is 129 g/mol. The summed E-state index contributed by atoms with van der Waals surface area (Å²) in [6.45, 7) is 2.61. The Balaban J connectivity index is 3.15. The van der Waals surface area contributed by atoms with E-state index in [0.717, 1.165) is 6.42 Å². The third kappa shape index (κ3) is 7.01. The number of hydrogen-bond donors (Lipinski definition) is 1. The van der Waals surface area contributed by atoms with Gasteiger partial charge in [-0.3, -0.25) is 4.79 Å². The van der Waals surface area contributed by atoms with E-state index in [0.29, 0.717) is 6.61 Å². The maximum absolute atomic E-state index is 10.0. The zero-order valence-electron chi connectivity index (χ0n) is 5.46. The van der Waals surface area contributed by atoms with Crippen molar-refractivity contribution < 1.29 is 9.53 Å². The molecule has 0 rings (SSSR count). The van der Waals surface area contributed by atoms with E-state index in [1.165, 1.54) is 12.3 Å². The molecule has 0 unspecified atom stereocenters. The van der Waals surface area contributed by atoms with Gasteiger partial charge in [0, 0.05) is 6.08 Å². The summed E-state index contributed by atoms with van der Waals surface area (Å²) < 4.78 is 4.81. The molecule has 0 bridgehead atoms. The molecule has 3 heteroatoms. The van der Waals surface area contributed by atoms with E-state index in [9.17, 15) is 4.79 Å². The first kappa shape index (κ1) is 8.01. The van der Waals surface area contributed by atoms with E-state index in [2.05, 4.69) is 0 Å². The van der Waals surface area contributed by atoms with Gasteiger partial charge in [-0.15, -0.1) is 0 Å². The molecule has 3 nitrogen and oxygen atoms in total. The lowest BCUT2D eigenvalue weighted by Crippen LogP contribution is -2.05. The van der Waals surface area contributed by atoms with Crippen molar-refractivity contribution in [3.8, 4) is 0 Å². The first-order valence-corrected chi connectivity index (χ1v) is 2.85. The van der Waals surface area contributed by atoms with Crippen LogP contribution in [0.15, 0.2) is 12.3 Å². The Labute approximate surface area is 54.5 Å².